The Morgan fingerprint density at radius 3 is 2.39 bits per heavy atom. The Hall–Kier alpha value is -2.00. The van der Waals surface area contributed by atoms with E-state index in [1.54, 1.807) is 0 Å². The van der Waals surface area contributed by atoms with E-state index in [2.05, 4.69) is 0 Å². The maximum atomic E-state index is 10.3. The number of benzene rings is 2. The Kier molecular flexibility index (Phi) is 6.48. The zero-order chi connectivity index (χ0) is 16.7. The van der Waals surface area contributed by atoms with Crippen molar-refractivity contribution in [2.75, 3.05) is 6.61 Å². The van der Waals surface area contributed by atoms with E-state index in [-0.39, 0.29) is 6.10 Å². The number of aliphatic hydroxyl groups is 1. The second-order valence-electron chi connectivity index (χ2n) is 5.85. The molecule has 3 heteroatoms. The average Bonchev–Trinajstić information content (AvgIpc) is 2.55. The van der Waals surface area contributed by atoms with Gasteiger partial charge in [-0.25, -0.2) is 0 Å². The third-order valence-corrected chi connectivity index (χ3v) is 3.56. The first-order valence-electron chi connectivity index (χ1n) is 8.25. The molecule has 1 unspecified atom stereocenters. The highest BCUT2D eigenvalue weighted by Gasteiger charge is 2.11. The molecule has 0 aliphatic heterocycles. The predicted octanol–water partition coefficient (Wildman–Crippen LogP) is 4.54. The molecule has 2 rings (SSSR count). The van der Waals surface area contributed by atoms with Gasteiger partial charge in [0.25, 0.3) is 0 Å². The van der Waals surface area contributed by atoms with Crippen LogP contribution in [0.1, 0.15) is 44.4 Å². The molecular formula is C20H26O3. The molecular weight excluding hydrogens is 288 g/mol. The summed E-state index contributed by atoms with van der Waals surface area (Å²) in [6, 6.07) is 15.8. The van der Waals surface area contributed by atoms with Crippen molar-refractivity contribution in [2.24, 2.45) is 0 Å². The van der Waals surface area contributed by atoms with Gasteiger partial charge in [-0.2, -0.15) is 0 Å². The fourth-order valence-corrected chi connectivity index (χ4v) is 2.47. The summed E-state index contributed by atoms with van der Waals surface area (Å²) >= 11 is 0. The van der Waals surface area contributed by atoms with Gasteiger partial charge in [0.15, 0.2) is 11.5 Å². The van der Waals surface area contributed by atoms with E-state index in [0.717, 1.165) is 29.0 Å². The van der Waals surface area contributed by atoms with Gasteiger partial charge >= 0.3 is 0 Å². The second kappa shape index (κ2) is 8.59. The van der Waals surface area contributed by atoms with Gasteiger partial charge < -0.3 is 14.6 Å². The lowest BCUT2D eigenvalue weighted by Gasteiger charge is -2.16. The van der Waals surface area contributed by atoms with Gasteiger partial charge in [0.1, 0.15) is 0 Å². The lowest BCUT2D eigenvalue weighted by atomic mass is 10.0. The summed E-state index contributed by atoms with van der Waals surface area (Å²) in [4.78, 5) is 0. The number of aliphatic hydroxyl groups excluding tert-OH is 1. The van der Waals surface area contributed by atoms with Gasteiger partial charge in [-0.1, -0.05) is 36.4 Å². The smallest absolute Gasteiger partial charge is 0.161 e. The Morgan fingerprint density at radius 2 is 1.74 bits per heavy atom. The van der Waals surface area contributed by atoms with Crippen molar-refractivity contribution in [3.63, 3.8) is 0 Å². The molecule has 0 amide bonds. The zero-order valence-electron chi connectivity index (χ0n) is 14.2. The lowest BCUT2D eigenvalue weighted by Crippen LogP contribution is -2.08. The maximum Gasteiger partial charge on any atom is 0.161 e. The van der Waals surface area contributed by atoms with Crippen LogP contribution < -0.4 is 9.47 Å². The van der Waals surface area contributed by atoms with Gasteiger partial charge in [0.2, 0.25) is 0 Å². The molecule has 2 aromatic carbocycles. The minimum atomic E-state index is -0.446. The quantitative estimate of drug-likeness (QED) is 0.777. The van der Waals surface area contributed by atoms with Crippen LogP contribution in [0.3, 0.4) is 0 Å². The van der Waals surface area contributed by atoms with Crippen LogP contribution >= 0.6 is 0 Å². The summed E-state index contributed by atoms with van der Waals surface area (Å²) in [7, 11) is 0. The molecule has 1 atom stereocenters. The first-order chi connectivity index (χ1) is 11.1. The van der Waals surface area contributed by atoms with Crippen LogP contribution in [0, 0.1) is 0 Å². The van der Waals surface area contributed by atoms with Crippen molar-refractivity contribution in [1.29, 1.82) is 0 Å². The van der Waals surface area contributed by atoms with E-state index in [1.165, 1.54) is 0 Å². The molecule has 0 bridgehead atoms. The minimum absolute atomic E-state index is 0.111. The Morgan fingerprint density at radius 1 is 1.00 bits per heavy atom. The fourth-order valence-electron chi connectivity index (χ4n) is 2.47. The molecule has 3 nitrogen and oxygen atoms in total. The molecule has 0 saturated heterocycles. The molecule has 23 heavy (non-hydrogen) atoms. The standard InChI is InChI=1S/C20H26O3/c1-4-22-20-14-16(11-13-19(20)23-15(2)3)10-12-18(21)17-8-6-5-7-9-17/h5-9,11,13-15,18,21H,4,10,12H2,1-3H3. The van der Waals surface area contributed by atoms with E-state index in [9.17, 15) is 5.11 Å². The molecule has 0 aliphatic carbocycles. The monoisotopic (exact) mass is 314 g/mol. The highest BCUT2D eigenvalue weighted by molar-refractivity contribution is 5.43. The lowest BCUT2D eigenvalue weighted by molar-refractivity contribution is 0.168. The number of ether oxygens (including phenoxy) is 2. The van der Waals surface area contributed by atoms with E-state index < -0.39 is 6.10 Å². The molecule has 0 spiro atoms. The minimum Gasteiger partial charge on any atom is -0.490 e. The van der Waals surface area contributed by atoms with Gasteiger partial charge in [-0.3, -0.25) is 0 Å². The van der Waals surface area contributed by atoms with Gasteiger partial charge in [-0.15, -0.1) is 0 Å². The summed E-state index contributed by atoms with van der Waals surface area (Å²) in [5.41, 5.74) is 2.09. The fraction of sp³-hybridized carbons (Fsp3) is 0.400. The first kappa shape index (κ1) is 17.4. The molecule has 1 N–H and O–H groups in total. The van der Waals surface area contributed by atoms with E-state index >= 15 is 0 Å². The largest absolute Gasteiger partial charge is 0.490 e. The molecule has 0 fully saturated rings. The Bertz CT molecular complexity index is 593. The van der Waals surface area contributed by atoms with Crippen molar-refractivity contribution in [3.05, 3.63) is 59.7 Å². The highest BCUT2D eigenvalue weighted by Crippen LogP contribution is 2.30. The van der Waals surface area contributed by atoms with Crippen molar-refractivity contribution in [1.82, 2.24) is 0 Å². The van der Waals surface area contributed by atoms with Crippen LogP contribution in [0.2, 0.25) is 0 Å². The molecule has 0 aromatic heterocycles. The van der Waals surface area contributed by atoms with Gasteiger partial charge in [-0.05, 0) is 56.9 Å². The summed E-state index contributed by atoms with van der Waals surface area (Å²) in [6.07, 6.45) is 1.14. The SMILES string of the molecule is CCOc1cc(CCC(O)c2ccccc2)ccc1OC(C)C. The molecule has 0 heterocycles. The average molecular weight is 314 g/mol. The van der Waals surface area contributed by atoms with Crippen molar-refractivity contribution in [2.45, 2.75) is 45.8 Å². The van der Waals surface area contributed by atoms with E-state index in [1.807, 2.05) is 69.3 Å². The van der Waals surface area contributed by atoms with Crippen molar-refractivity contribution < 1.29 is 14.6 Å². The summed E-state index contributed by atoms with van der Waals surface area (Å²) in [5.74, 6) is 1.54. The van der Waals surface area contributed by atoms with E-state index in [0.29, 0.717) is 13.0 Å². The molecule has 0 radical (unpaired) electrons. The normalized spacial score (nSPS) is 12.2. The van der Waals surface area contributed by atoms with Crippen LogP contribution in [0.25, 0.3) is 0 Å². The summed E-state index contributed by atoms with van der Waals surface area (Å²) in [5, 5.41) is 10.3. The number of aryl methyl sites for hydroxylation is 1. The highest BCUT2D eigenvalue weighted by atomic mass is 16.5. The van der Waals surface area contributed by atoms with Crippen LogP contribution in [0.4, 0.5) is 0 Å². The third-order valence-electron chi connectivity index (χ3n) is 3.56. The predicted molar refractivity (Wildman–Crippen MR) is 93.1 cm³/mol. The molecule has 2 aromatic rings. The topological polar surface area (TPSA) is 38.7 Å². The summed E-state index contributed by atoms with van der Waals surface area (Å²) < 4.78 is 11.5. The third kappa shape index (κ3) is 5.29. The second-order valence-corrected chi connectivity index (χ2v) is 5.85. The zero-order valence-corrected chi connectivity index (χ0v) is 14.2. The summed E-state index contributed by atoms with van der Waals surface area (Å²) in [6.45, 7) is 6.56. The first-order valence-corrected chi connectivity index (χ1v) is 8.25. The molecule has 124 valence electrons. The van der Waals surface area contributed by atoms with Gasteiger partial charge in [0.05, 0.1) is 18.8 Å². The van der Waals surface area contributed by atoms with Crippen LogP contribution in [-0.4, -0.2) is 17.8 Å². The van der Waals surface area contributed by atoms with Crippen LogP contribution in [0.5, 0.6) is 11.5 Å². The van der Waals surface area contributed by atoms with Crippen molar-refractivity contribution in [3.8, 4) is 11.5 Å². The Balaban J connectivity index is 2.03. The maximum absolute atomic E-state index is 10.3. The van der Waals surface area contributed by atoms with Crippen LogP contribution in [-0.2, 0) is 6.42 Å². The number of rotatable bonds is 8. The molecule has 0 saturated carbocycles. The van der Waals surface area contributed by atoms with Gasteiger partial charge in [0, 0.05) is 0 Å². The van der Waals surface area contributed by atoms with Crippen molar-refractivity contribution >= 4 is 0 Å². The van der Waals surface area contributed by atoms with E-state index in [4.69, 9.17) is 9.47 Å². The molecule has 0 aliphatic rings. The number of hydrogen-bond acceptors (Lipinski definition) is 3. The van der Waals surface area contributed by atoms with Crippen LogP contribution in [0.15, 0.2) is 48.5 Å². The Labute approximate surface area is 138 Å². The number of hydrogen-bond donors (Lipinski definition) is 1.